The fourth-order valence-electron chi connectivity index (χ4n) is 1.87. The highest BCUT2D eigenvalue weighted by molar-refractivity contribution is 6.04. The molecular weight excluding hydrogens is 184 g/mol. The van der Waals surface area contributed by atoms with Gasteiger partial charge in [0, 0.05) is 5.57 Å². The largest absolute Gasteiger partial charge is 0.290 e. The van der Waals surface area contributed by atoms with Crippen LogP contribution in [-0.4, -0.2) is 5.78 Å². The SMILES string of the molecule is O=C1C=CC=CC=CCC2CC=CC=C12. The van der Waals surface area contributed by atoms with Crippen molar-refractivity contribution in [2.45, 2.75) is 12.8 Å². The second-order valence-electron chi connectivity index (χ2n) is 3.75. The number of hydrogen-bond donors (Lipinski definition) is 0. The maximum absolute atomic E-state index is 11.8. The molecule has 1 unspecified atom stereocenters. The van der Waals surface area contributed by atoms with E-state index in [1.54, 1.807) is 12.2 Å². The molecule has 1 heteroatoms. The normalized spacial score (nSPS) is 24.9. The van der Waals surface area contributed by atoms with Crippen LogP contribution in [0.15, 0.2) is 60.3 Å². The number of allylic oxidation sites excluding steroid dienone is 10. The molecule has 0 fully saturated rings. The van der Waals surface area contributed by atoms with Crippen LogP contribution in [0.3, 0.4) is 0 Å². The molecule has 2 rings (SSSR count). The van der Waals surface area contributed by atoms with Gasteiger partial charge in [-0.2, -0.15) is 0 Å². The van der Waals surface area contributed by atoms with Crippen molar-refractivity contribution in [2.75, 3.05) is 0 Å². The summed E-state index contributed by atoms with van der Waals surface area (Å²) >= 11 is 0. The second-order valence-corrected chi connectivity index (χ2v) is 3.75. The number of hydrogen-bond acceptors (Lipinski definition) is 1. The summed E-state index contributed by atoms with van der Waals surface area (Å²) in [6, 6.07) is 0. The zero-order valence-corrected chi connectivity index (χ0v) is 8.60. The molecule has 0 saturated carbocycles. The van der Waals surface area contributed by atoms with Gasteiger partial charge in [-0.3, -0.25) is 4.79 Å². The van der Waals surface area contributed by atoms with Gasteiger partial charge in [0.1, 0.15) is 0 Å². The summed E-state index contributed by atoms with van der Waals surface area (Å²) in [5, 5.41) is 0. The third-order valence-corrected chi connectivity index (χ3v) is 2.69. The molecule has 0 aromatic heterocycles. The van der Waals surface area contributed by atoms with Gasteiger partial charge in [0.05, 0.1) is 0 Å². The van der Waals surface area contributed by atoms with E-state index in [1.807, 2.05) is 30.4 Å². The highest BCUT2D eigenvalue weighted by Gasteiger charge is 2.18. The number of rotatable bonds is 0. The second kappa shape index (κ2) is 4.74. The van der Waals surface area contributed by atoms with E-state index in [1.165, 1.54) is 0 Å². The van der Waals surface area contributed by atoms with Crippen LogP contribution in [0.25, 0.3) is 0 Å². The fraction of sp³-hybridized carbons (Fsp3) is 0.214. The molecule has 0 spiro atoms. The van der Waals surface area contributed by atoms with Crippen LogP contribution in [-0.2, 0) is 4.79 Å². The molecule has 0 N–H and O–H groups in total. The summed E-state index contributed by atoms with van der Waals surface area (Å²) in [5.41, 5.74) is 0.939. The molecule has 2 aliphatic carbocycles. The van der Waals surface area contributed by atoms with Crippen LogP contribution in [0.5, 0.6) is 0 Å². The van der Waals surface area contributed by atoms with Gasteiger partial charge in [-0.1, -0.05) is 48.6 Å². The Bertz CT molecular complexity index is 392. The van der Waals surface area contributed by atoms with Crippen molar-refractivity contribution < 1.29 is 4.79 Å². The molecular formula is C14H14O. The van der Waals surface area contributed by atoms with E-state index >= 15 is 0 Å². The molecule has 1 nitrogen and oxygen atoms in total. The van der Waals surface area contributed by atoms with Gasteiger partial charge in [0.15, 0.2) is 5.78 Å². The summed E-state index contributed by atoms with van der Waals surface area (Å²) in [6.07, 6.45) is 19.4. The zero-order valence-electron chi connectivity index (χ0n) is 8.60. The average Bonchev–Trinajstić information content (AvgIpc) is 2.28. The Morgan fingerprint density at radius 1 is 0.933 bits per heavy atom. The fourth-order valence-corrected chi connectivity index (χ4v) is 1.87. The first-order valence-corrected chi connectivity index (χ1v) is 5.29. The number of ketones is 1. The average molecular weight is 198 g/mol. The molecule has 0 aliphatic heterocycles. The first-order valence-electron chi connectivity index (χ1n) is 5.29. The predicted octanol–water partition coefficient (Wildman–Crippen LogP) is 3.13. The summed E-state index contributed by atoms with van der Waals surface area (Å²) in [5.74, 6) is 0.499. The third kappa shape index (κ3) is 2.44. The van der Waals surface area contributed by atoms with Gasteiger partial charge in [-0.15, -0.1) is 0 Å². The lowest BCUT2D eigenvalue weighted by Crippen LogP contribution is -2.12. The lowest BCUT2D eigenvalue weighted by atomic mass is 9.86. The van der Waals surface area contributed by atoms with Gasteiger partial charge in [0.2, 0.25) is 0 Å². The Labute approximate surface area is 90.2 Å². The lowest BCUT2D eigenvalue weighted by molar-refractivity contribution is -0.111. The quantitative estimate of drug-likeness (QED) is 0.584. The molecule has 0 amide bonds. The molecule has 15 heavy (non-hydrogen) atoms. The molecule has 0 aromatic carbocycles. The van der Waals surface area contributed by atoms with Gasteiger partial charge in [-0.25, -0.2) is 0 Å². The predicted molar refractivity (Wildman–Crippen MR) is 62.4 cm³/mol. The molecule has 2 aliphatic rings. The van der Waals surface area contributed by atoms with E-state index in [-0.39, 0.29) is 5.78 Å². The maximum Gasteiger partial charge on any atom is 0.182 e. The first-order chi connectivity index (χ1) is 7.38. The van der Waals surface area contributed by atoms with E-state index in [0.717, 1.165) is 18.4 Å². The summed E-state index contributed by atoms with van der Waals surface area (Å²) in [7, 11) is 0. The third-order valence-electron chi connectivity index (χ3n) is 2.69. The number of fused-ring (bicyclic) bond motifs is 1. The highest BCUT2D eigenvalue weighted by atomic mass is 16.1. The Morgan fingerprint density at radius 3 is 2.53 bits per heavy atom. The van der Waals surface area contributed by atoms with E-state index in [4.69, 9.17) is 0 Å². The lowest BCUT2D eigenvalue weighted by Gasteiger charge is -2.18. The summed E-state index contributed by atoms with van der Waals surface area (Å²) in [6.45, 7) is 0. The van der Waals surface area contributed by atoms with Crippen LogP contribution in [0, 0.1) is 5.92 Å². The standard InChI is InChI=1S/C14H14O/c15-14-11-5-3-1-2-4-8-12-9-6-7-10-13(12)14/h1-7,10-12H,8-9H2. The number of carbonyl (C=O) groups excluding carboxylic acids is 1. The minimum Gasteiger partial charge on any atom is -0.290 e. The van der Waals surface area contributed by atoms with Crippen molar-refractivity contribution in [3.05, 3.63) is 60.3 Å². The Hall–Kier alpha value is -1.63. The maximum atomic E-state index is 11.8. The van der Waals surface area contributed by atoms with Gasteiger partial charge >= 0.3 is 0 Å². The van der Waals surface area contributed by atoms with Crippen LogP contribution < -0.4 is 0 Å². The molecule has 1 atom stereocenters. The minimum atomic E-state index is 0.143. The van der Waals surface area contributed by atoms with Crippen LogP contribution >= 0.6 is 0 Å². The van der Waals surface area contributed by atoms with Gasteiger partial charge < -0.3 is 0 Å². The smallest absolute Gasteiger partial charge is 0.182 e. The summed E-state index contributed by atoms with van der Waals surface area (Å²) < 4.78 is 0. The van der Waals surface area contributed by atoms with E-state index in [0.29, 0.717) is 5.92 Å². The Morgan fingerprint density at radius 2 is 1.67 bits per heavy atom. The molecule has 0 bridgehead atoms. The molecule has 0 saturated heterocycles. The minimum absolute atomic E-state index is 0.143. The van der Waals surface area contributed by atoms with E-state index < -0.39 is 0 Å². The molecule has 0 radical (unpaired) electrons. The van der Waals surface area contributed by atoms with Crippen molar-refractivity contribution in [3.63, 3.8) is 0 Å². The van der Waals surface area contributed by atoms with E-state index in [9.17, 15) is 4.79 Å². The molecule has 0 heterocycles. The van der Waals surface area contributed by atoms with E-state index in [2.05, 4.69) is 12.2 Å². The van der Waals surface area contributed by atoms with Crippen LogP contribution in [0.4, 0.5) is 0 Å². The molecule has 0 aromatic rings. The van der Waals surface area contributed by atoms with Crippen molar-refractivity contribution in [1.82, 2.24) is 0 Å². The first kappa shape index (κ1) is 9.91. The van der Waals surface area contributed by atoms with Gasteiger partial charge in [0.25, 0.3) is 0 Å². The Kier molecular flexibility index (Phi) is 3.13. The van der Waals surface area contributed by atoms with Gasteiger partial charge in [-0.05, 0) is 24.8 Å². The van der Waals surface area contributed by atoms with Crippen molar-refractivity contribution >= 4 is 5.78 Å². The highest BCUT2D eigenvalue weighted by Crippen LogP contribution is 2.25. The van der Waals surface area contributed by atoms with Crippen molar-refractivity contribution in [1.29, 1.82) is 0 Å². The van der Waals surface area contributed by atoms with Crippen LogP contribution in [0.1, 0.15) is 12.8 Å². The van der Waals surface area contributed by atoms with Crippen LogP contribution in [0.2, 0.25) is 0 Å². The van der Waals surface area contributed by atoms with Crippen molar-refractivity contribution in [3.8, 4) is 0 Å². The molecule has 76 valence electrons. The number of carbonyl (C=O) groups is 1. The monoisotopic (exact) mass is 198 g/mol. The topological polar surface area (TPSA) is 17.1 Å². The summed E-state index contributed by atoms with van der Waals surface area (Å²) in [4.78, 5) is 11.8. The zero-order chi connectivity index (χ0) is 10.5. The Balaban J connectivity index is 2.30. The van der Waals surface area contributed by atoms with Crippen molar-refractivity contribution in [2.24, 2.45) is 5.92 Å².